The van der Waals surface area contributed by atoms with E-state index >= 15 is 0 Å². The Morgan fingerprint density at radius 2 is 1.97 bits per heavy atom. The predicted molar refractivity (Wildman–Crippen MR) is 115 cm³/mol. The highest BCUT2D eigenvalue weighted by Gasteiger charge is 2.35. The smallest absolute Gasteiger partial charge is 0.375 e. The van der Waals surface area contributed by atoms with Crippen LogP contribution in [0.3, 0.4) is 0 Å². The fourth-order valence-corrected chi connectivity index (χ4v) is 3.32. The molecule has 3 rings (SSSR count). The van der Waals surface area contributed by atoms with Crippen LogP contribution in [0.5, 0.6) is 0 Å². The number of amides is 1. The van der Waals surface area contributed by atoms with Gasteiger partial charge in [-0.25, -0.2) is 4.98 Å². The van der Waals surface area contributed by atoms with Crippen LogP contribution in [-0.2, 0) is 12.7 Å². The van der Waals surface area contributed by atoms with E-state index in [-0.39, 0.29) is 17.8 Å². The first-order chi connectivity index (χ1) is 14.7. The Labute approximate surface area is 179 Å². The minimum atomic E-state index is -4.59. The lowest BCUT2D eigenvalue weighted by atomic mass is 10.0. The number of alkyl halides is 3. The first kappa shape index (κ1) is 22.5. The molecule has 0 saturated heterocycles. The molecule has 0 bridgehead atoms. The zero-order valence-corrected chi connectivity index (χ0v) is 17.8. The molecule has 0 saturated carbocycles. The Balaban J connectivity index is 2.00. The number of benzene rings is 1. The number of halogens is 3. The van der Waals surface area contributed by atoms with Gasteiger partial charge in [-0.1, -0.05) is 19.4 Å². The molecule has 1 amide bonds. The van der Waals surface area contributed by atoms with E-state index in [1.54, 1.807) is 44.4 Å². The van der Waals surface area contributed by atoms with Crippen LogP contribution in [-0.4, -0.2) is 29.5 Å². The van der Waals surface area contributed by atoms with E-state index in [1.807, 2.05) is 11.8 Å². The van der Waals surface area contributed by atoms with Crippen molar-refractivity contribution in [1.29, 1.82) is 0 Å². The standard InChI is InChI=1S/C23H25F3N4O/c1-4-5-10-30(3)17-12-18-15(2)11-20(29-21(18)19(13-17)23(24,25)26)22(31)28-14-16-8-6-7-9-27-16/h6-9,11-13H,4-5,10,14H2,1-3H3,(H,28,31). The largest absolute Gasteiger partial charge is 0.418 e. The van der Waals surface area contributed by atoms with Crippen LogP contribution in [0.4, 0.5) is 18.9 Å². The average molecular weight is 430 g/mol. The highest BCUT2D eigenvalue weighted by molar-refractivity contribution is 5.97. The van der Waals surface area contributed by atoms with Gasteiger partial charge in [-0.3, -0.25) is 9.78 Å². The number of nitrogens with zero attached hydrogens (tertiary/aromatic N) is 3. The highest BCUT2D eigenvalue weighted by atomic mass is 19.4. The van der Waals surface area contributed by atoms with Crippen LogP contribution in [0.15, 0.2) is 42.6 Å². The Morgan fingerprint density at radius 3 is 2.61 bits per heavy atom. The minimum Gasteiger partial charge on any atom is -0.375 e. The summed E-state index contributed by atoms with van der Waals surface area (Å²) in [6, 6.07) is 9.63. The van der Waals surface area contributed by atoms with Crippen LogP contribution >= 0.6 is 0 Å². The lowest BCUT2D eigenvalue weighted by Crippen LogP contribution is -2.25. The number of carbonyl (C=O) groups is 1. The van der Waals surface area contributed by atoms with Crippen molar-refractivity contribution in [3.63, 3.8) is 0 Å². The van der Waals surface area contributed by atoms with Crippen LogP contribution in [0.2, 0.25) is 0 Å². The lowest BCUT2D eigenvalue weighted by molar-refractivity contribution is -0.136. The average Bonchev–Trinajstić information content (AvgIpc) is 2.75. The van der Waals surface area contributed by atoms with E-state index in [1.165, 1.54) is 6.07 Å². The first-order valence-corrected chi connectivity index (χ1v) is 10.1. The summed E-state index contributed by atoms with van der Waals surface area (Å²) in [5.74, 6) is -0.548. The molecule has 0 spiro atoms. The SMILES string of the molecule is CCCCN(C)c1cc(C(F)(F)F)c2nc(C(=O)NCc3ccccn3)cc(C)c2c1. The molecule has 5 nitrogen and oxygen atoms in total. The number of nitrogens with one attached hydrogen (secondary N) is 1. The van der Waals surface area contributed by atoms with Crippen molar-refractivity contribution in [1.82, 2.24) is 15.3 Å². The van der Waals surface area contributed by atoms with Gasteiger partial charge >= 0.3 is 6.18 Å². The quantitative estimate of drug-likeness (QED) is 0.565. The lowest BCUT2D eigenvalue weighted by Gasteiger charge is -2.22. The molecule has 2 heterocycles. The summed E-state index contributed by atoms with van der Waals surface area (Å²) in [6.45, 7) is 4.53. The monoisotopic (exact) mass is 430 g/mol. The number of carbonyl (C=O) groups excluding carboxylic acids is 1. The van der Waals surface area contributed by atoms with E-state index in [0.29, 0.717) is 28.9 Å². The maximum Gasteiger partial charge on any atom is 0.418 e. The summed E-state index contributed by atoms with van der Waals surface area (Å²) in [5, 5.41) is 3.05. The van der Waals surface area contributed by atoms with E-state index in [9.17, 15) is 18.0 Å². The van der Waals surface area contributed by atoms with E-state index in [0.717, 1.165) is 18.9 Å². The number of aryl methyl sites for hydroxylation is 1. The van der Waals surface area contributed by atoms with Gasteiger partial charge in [0, 0.05) is 30.9 Å². The van der Waals surface area contributed by atoms with Gasteiger partial charge in [0.2, 0.25) is 0 Å². The second kappa shape index (κ2) is 9.32. The molecule has 31 heavy (non-hydrogen) atoms. The van der Waals surface area contributed by atoms with Gasteiger partial charge in [0.25, 0.3) is 5.91 Å². The van der Waals surface area contributed by atoms with Gasteiger partial charge in [-0.05, 0) is 49.2 Å². The maximum absolute atomic E-state index is 13.9. The molecule has 1 N–H and O–H groups in total. The van der Waals surface area contributed by atoms with Crippen molar-refractivity contribution in [3.8, 4) is 0 Å². The van der Waals surface area contributed by atoms with Gasteiger partial charge in [0.05, 0.1) is 23.3 Å². The molecule has 0 aliphatic heterocycles. The first-order valence-electron chi connectivity index (χ1n) is 10.1. The summed E-state index contributed by atoms with van der Waals surface area (Å²) < 4.78 is 41.6. The summed E-state index contributed by atoms with van der Waals surface area (Å²) in [6.07, 6.45) is -1.17. The second-order valence-corrected chi connectivity index (χ2v) is 7.49. The van der Waals surface area contributed by atoms with E-state index < -0.39 is 17.6 Å². The fraction of sp³-hybridized carbons (Fsp3) is 0.348. The zero-order valence-electron chi connectivity index (χ0n) is 17.8. The van der Waals surface area contributed by atoms with Crippen LogP contribution < -0.4 is 10.2 Å². The van der Waals surface area contributed by atoms with Gasteiger partial charge in [0.15, 0.2) is 0 Å². The molecule has 3 aromatic rings. The Hall–Kier alpha value is -3.16. The van der Waals surface area contributed by atoms with Gasteiger partial charge in [-0.15, -0.1) is 0 Å². The molecule has 1 aromatic carbocycles. The third-order valence-corrected chi connectivity index (χ3v) is 5.09. The zero-order chi connectivity index (χ0) is 22.6. The summed E-state index contributed by atoms with van der Waals surface area (Å²) in [7, 11) is 1.78. The second-order valence-electron chi connectivity index (χ2n) is 7.49. The summed E-state index contributed by atoms with van der Waals surface area (Å²) in [5.41, 5.74) is 0.561. The van der Waals surface area contributed by atoms with Gasteiger partial charge in [-0.2, -0.15) is 13.2 Å². The van der Waals surface area contributed by atoms with Crippen LogP contribution in [0.1, 0.15) is 47.1 Å². The third kappa shape index (κ3) is 5.31. The number of aromatic nitrogens is 2. The fourth-order valence-electron chi connectivity index (χ4n) is 3.32. The van der Waals surface area contributed by atoms with Crippen molar-refractivity contribution < 1.29 is 18.0 Å². The predicted octanol–water partition coefficient (Wildman–Crippen LogP) is 5.12. The number of pyridine rings is 2. The number of anilines is 1. The van der Waals surface area contributed by atoms with Crippen molar-refractivity contribution >= 4 is 22.5 Å². The van der Waals surface area contributed by atoms with Crippen molar-refractivity contribution in [2.75, 3.05) is 18.5 Å². The highest BCUT2D eigenvalue weighted by Crippen LogP contribution is 2.38. The molecule has 164 valence electrons. The summed E-state index contributed by atoms with van der Waals surface area (Å²) >= 11 is 0. The Kier molecular flexibility index (Phi) is 6.77. The number of hydrogen-bond donors (Lipinski definition) is 1. The summed E-state index contributed by atoms with van der Waals surface area (Å²) in [4.78, 5) is 22.6. The normalized spacial score (nSPS) is 11.5. The molecule has 0 aliphatic carbocycles. The molecular weight excluding hydrogens is 405 g/mol. The molecule has 0 aliphatic rings. The molecule has 8 heteroatoms. The van der Waals surface area contributed by atoms with Crippen LogP contribution in [0, 0.1) is 6.92 Å². The maximum atomic E-state index is 13.9. The number of rotatable bonds is 7. The van der Waals surface area contributed by atoms with Crippen molar-refractivity contribution in [2.45, 2.75) is 39.4 Å². The molecule has 0 fully saturated rings. The Morgan fingerprint density at radius 1 is 1.19 bits per heavy atom. The molecule has 0 atom stereocenters. The van der Waals surface area contributed by atoms with E-state index in [4.69, 9.17) is 0 Å². The van der Waals surface area contributed by atoms with Crippen molar-refractivity contribution in [3.05, 3.63) is 65.1 Å². The third-order valence-electron chi connectivity index (χ3n) is 5.09. The van der Waals surface area contributed by atoms with Crippen molar-refractivity contribution in [2.24, 2.45) is 0 Å². The minimum absolute atomic E-state index is 0.0569. The number of fused-ring (bicyclic) bond motifs is 1. The number of unbranched alkanes of at least 4 members (excludes halogenated alkanes) is 1. The van der Waals surface area contributed by atoms with Gasteiger partial charge < -0.3 is 10.2 Å². The molecule has 0 radical (unpaired) electrons. The van der Waals surface area contributed by atoms with Gasteiger partial charge in [0.1, 0.15) is 5.69 Å². The molecule has 2 aromatic heterocycles. The topological polar surface area (TPSA) is 58.1 Å². The number of hydrogen-bond acceptors (Lipinski definition) is 4. The van der Waals surface area contributed by atoms with E-state index in [2.05, 4.69) is 15.3 Å². The van der Waals surface area contributed by atoms with Crippen LogP contribution in [0.25, 0.3) is 10.9 Å². The molecular formula is C23H25F3N4O. The Bertz CT molecular complexity index is 1070. The molecule has 0 unspecified atom stereocenters.